The molecule has 0 radical (unpaired) electrons. The summed E-state index contributed by atoms with van der Waals surface area (Å²) in [5.41, 5.74) is 2.61. The normalized spacial score (nSPS) is 21.6. The molecule has 146 valence electrons. The largest absolute Gasteiger partial charge is 0.490 e. The monoisotopic (exact) mass is 385 g/mol. The van der Waals surface area contributed by atoms with E-state index in [0.29, 0.717) is 22.9 Å². The van der Waals surface area contributed by atoms with Crippen molar-refractivity contribution in [3.8, 4) is 5.75 Å². The third-order valence-electron chi connectivity index (χ3n) is 5.47. The number of aromatic nitrogens is 1. The number of pyridine rings is 1. The number of hydrogen-bond acceptors (Lipinski definition) is 4. The molecule has 0 atom stereocenters. The first-order valence-corrected chi connectivity index (χ1v) is 10.8. The van der Waals surface area contributed by atoms with E-state index in [4.69, 9.17) is 4.74 Å². The third kappa shape index (κ3) is 5.10. The number of rotatable bonds is 4. The predicted molar refractivity (Wildman–Crippen MR) is 115 cm³/mol. The van der Waals surface area contributed by atoms with Gasteiger partial charge in [-0.15, -0.1) is 0 Å². The smallest absolute Gasteiger partial charge is 0.120 e. The van der Waals surface area contributed by atoms with E-state index >= 15 is 0 Å². The van der Waals surface area contributed by atoms with Crippen LogP contribution in [0.1, 0.15) is 59.1 Å². The summed E-state index contributed by atoms with van der Waals surface area (Å²) in [6.07, 6.45) is 5.01. The Morgan fingerprint density at radius 3 is 2.52 bits per heavy atom. The number of fused-ring (bicyclic) bond motifs is 1. The van der Waals surface area contributed by atoms with Gasteiger partial charge in [0.25, 0.3) is 0 Å². The Bertz CT molecular complexity index is 910. The summed E-state index contributed by atoms with van der Waals surface area (Å²) in [5.74, 6) is 5.08. The molecule has 3 rings (SSSR count). The second kappa shape index (κ2) is 8.01. The molecule has 1 saturated carbocycles. The molecule has 1 aromatic carbocycles. The van der Waals surface area contributed by atoms with Crippen LogP contribution < -0.4 is 4.74 Å². The van der Waals surface area contributed by atoms with Gasteiger partial charge in [-0.3, -0.25) is 0 Å². The van der Waals surface area contributed by atoms with Crippen molar-refractivity contribution in [1.82, 2.24) is 4.98 Å². The number of ether oxygens (including phenoxy) is 1. The Balaban J connectivity index is 1.71. The Morgan fingerprint density at radius 1 is 1.19 bits per heavy atom. The highest BCUT2D eigenvalue weighted by Gasteiger charge is 2.30. The molecule has 1 aliphatic carbocycles. The Hall–Kier alpha value is -1.88. The summed E-state index contributed by atoms with van der Waals surface area (Å²) in [6.45, 7) is 8.81. The zero-order valence-corrected chi connectivity index (χ0v) is 17.5. The van der Waals surface area contributed by atoms with Crippen LogP contribution in [0.25, 0.3) is 10.9 Å². The first-order valence-electron chi connectivity index (χ1n) is 9.57. The fourth-order valence-electron chi connectivity index (χ4n) is 3.82. The maximum atomic E-state index is 11.2. The van der Waals surface area contributed by atoms with Crippen LogP contribution in [0.15, 0.2) is 34.7 Å². The maximum absolute atomic E-state index is 11.2. The summed E-state index contributed by atoms with van der Waals surface area (Å²) in [6, 6.07) is 9.91. The van der Waals surface area contributed by atoms with E-state index in [1.165, 1.54) is 12.8 Å². The van der Waals surface area contributed by atoms with Crippen LogP contribution in [0.2, 0.25) is 0 Å². The second-order valence-electron chi connectivity index (χ2n) is 8.51. The van der Waals surface area contributed by atoms with E-state index in [9.17, 15) is 4.21 Å². The van der Waals surface area contributed by atoms with Gasteiger partial charge < -0.3 is 13.3 Å². The van der Waals surface area contributed by atoms with Crippen LogP contribution in [0.3, 0.4) is 0 Å². The van der Waals surface area contributed by atoms with Crippen molar-refractivity contribution in [2.24, 2.45) is 15.7 Å². The van der Waals surface area contributed by atoms with E-state index < -0.39 is 10.6 Å². The molecule has 0 bridgehead atoms. The molecule has 0 amide bonds. The third-order valence-corrected chi connectivity index (χ3v) is 5.95. The molecule has 1 aromatic heterocycles. The molecule has 4 nitrogen and oxygen atoms in total. The molecule has 1 aliphatic rings. The van der Waals surface area contributed by atoms with E-state index in [0.717, 1.165) is 35.4 Å². The van der Waals surface area contributed by atoms with Crippen LogP contribution in [-0.2, 0) is 14.8 Å². The molecule has 0 N–H and O–H groups in total. The van der Waals surface area contributed by atoms with Crippen molar-refractivity contribution in [2.75, 3.05) is 0 Å². The second-order valence-corrected chi connectivity index (χ2v) is 9.33. The molecule has 0 aliphatic heterocycles. The van der Waals surface area contributed by atoms with Crippen LogP contribution in [-0.4, -0.2) is 22.7 Å². The van der Waals surface area contributed by atoms with Gasteiger partial charge in [-0.1, -0.05) is 26.8 Å². The number of hydrogen-bond donors (Lipinski definition) is 0. The van der Waals surface area contributed by atoms with Gasteiger partial charge in [0.2, 0.25) is 0 Å². The average Bonchev–Trinajstić information content (AvgIpc) is 2.60. The predicted octanol–water partition coefficient (Wildman–Crippen LogP) is 5.34. The van der Waals surface area contributed by atoms with Crippen molar-refractivity contribution < 1.29 is 8.95 Å². The Labute approximate surface area is 164 Å². The van der Waals surface area contributed by atoms with Gasteiger partial charge in [-0.05, 0) is 68.2 Å². The number of nitrogens with zero attached hydrogens (tertiary/aromatic N) is 2. The zero-order valence-electron chi connectivity index (χ0n) is 16.7. The van der Waals surface area contributed by atoms with E-state index in [-0.39, 0.29) is 0 Å². The van der Waals surface area contributed by atoms with Gasteiger partial charge in [-0.2, -0.15) is 16.4 Å². The van der Waals surface area contributed by atoms with Crippen molar-refractivity contribution in [1.29, 1.82) is 0 Å². The SMILES string of the molecule is C=[S-](=O)N=C(C)c1ccc2cc(OC3CCC(C(C)(C)C)CC3)ccc2n1. The minimum absolute atomic E-state index is 0.301. The van der Waals surface area contributed by atoms with Crippen molar-refractivity contribution in [3.05, 3.63) is 36.0 Å². The quantitative estimate of drug-likeness (QED) is 0.406. The lowest BCUT2D eigenvalue weighted by Crippen LogP contribution is -2.30. The van der Waals surface area contributed by atoms with Crippen LogP contribution >= 0.6 is 0 Å². The van der Waals surface area contributed by atoms with Crippen molar-refractivity contribution >= 4 is 33.1 Å². The molecule has 0 saturated heterocycles. The molecule has 27 heavy (non-hydrogen) atoms. The van der Waals surface area contributed by atoms with Gasteiger partial charge in [-0.25, -0.2) is 4.98 Å². The minimum atomic E-state index is -1.47. The van der Waals surface area contributed by atoms with E-state index in [1.54, 1.807) is 6.92 Å². The van der Waals surface area contributed by atoms with Crippen LogP contribution in [0, 0.1) is 11.3 Å². The highest BCUT2D eigenvalue weighted by molar-refractivity contribution is 7.81. The fraction of sp³-hybridized carbons (Fsp3) is 0.500. The molecule has 0 spiro atoms. The summed E-state index contributed by atoms with van der Waals surface area (Å²) >= 11 is 0. The minimum Gasteiger partial charge on any atom is -0.490 e. The van der Waals surface area contributed by atoms with Gasteiger partial charge in [0.05, 0.1) is 17.3 Å². The molecular weight excluding hydrogens is 356 g/mol. The van der Waals surface area contributed by atoms with Gasteiger partial charge in [0, 0.05) is 11.1 Å². The molecule has 2 aromatic rings. The fourth-order valence-corrected chi connectivity index (χ4v) is 4.22. The summed E-state index contributed by atoms with van der Waals surface area (Å²) < 4.78 is 21.4. The topological polar surface area (TPSA) is 51.5 Å². The number of benzene rings is 1. The Morgan fingerprint density at radius 2 is 1.89 bits per heavy atom. The first-order chi connectivity index (χ1) is 12.7. The molecule has 1 heterocycles. The Kier molecular flexibility index (Phi) is 5.89. The van der Waals surface area contributed by atoms with Gasteiger partial charge >= 0.3 is 0 Å². The highest BCUT2D eigenvalue weighted by atomic mass is 32.2. The standard InChI is InChI=1S/C22H29N2O2S/c1-15(24-27(5)25)20-12-6-16-14-19(11-13-21(16)23-20)26-18-9-7-17(8-10-18)22(2,3)4/h6,11-14,17-18H,5,7-10H2,1-4H3/q-1. The van der Waals surface area contributed by atoms with E-state index in [2.05, 4.69) is 36.0 Å². The zero-order chi connectivity index (χ0) is 19.6. The average molecular weight is 386 g/mol. The van der Waals surface area contributed by atoms with Crippen LogP contribution in [0.4, 0.5) is 0 Å². The first kappa shape index (κ1) is 19.9. The molecular formula is C22H29N2O2S-. The summed E-state index contributed by atoms with van der Waals surface area (Å²) in [4.78, 5) is 4.60. The van der Waals surface area contributed by atoms with Gasteiger partial charge in [0.15, 0.2) is 0 Å². The van der Waals surface area contributed by atoms with Gasteiger partial charge in [0.1, 0.15) is 5.75 Å². The maximum Gasteiger partial charge on any atom is 0.120 e. The summed E-state index contributed by atoms with van der Waals surface area (Å²) in [5, 5.41) is 1.03. The lowest BCUT2D eigenvalue weighted by molar-refractivity contribution is 0.0883. The molecule has 5 heteroatoms. The molecule has 1 fully saturated rings. The lowest BCUT2D eigenvalue weighted by Gasteiger charge is -2.36. The lowest BCUT2D eigenvalue weighted by atomic mass is 9.72. The van der Waals surface area contributed by atoms with Crippen molar-refractivity contribution in [3.63, 3.8) is 0 Å². The van der Waals surface area contributed by atoms with Crippen molar-refractivity contribution in [2.45, 2.75) is 59.5 Å². The van der Waals surface area contributed by atoms with E-state index in [1.807, 2.05) is 30.3 Å². The summed E-state index contributed by atoms with van der Waals surface area (Å²) in [7, 11) is -1.47. The highest BCUT2D eigenvalue weighted by Crippen LogP contribution is 2.38. The van der Waals surface area contributed by atoms with Crippen LogP contribution in [0.5, 0.6) is 5.75 Å². The molecule has 0 unspecified atom stereocenters.